The number of hydrogen-bond acceptors (Lipinski definition) is 17. The van der Waals surface area contributed by atoms with E-state index in [2.05, 4.69) is 55.9 Å². The molecule has 386 valence electrons. The zero-order chi connectivity index (χ0) is 50.1. The molecule has 5 aromatic rings. The second-order valence-electron chi connectivity index (χ2n) is 18.0. The first-order valence-electron chi connectivity index (χ1n) is 24.8. The van der Waals surface area contributed by atoms with Crippen LogP contribution in [0, 0.1) is 13.8 Å². The Kier molecular flexibility index (Phi) is 18.8. The molecule has 1 spiro atoms. The standard InChI is InChI=1S/C50H66N12O9S/c1-35-36(2)72-49(55-35)59-46(65)39-8-4-5-9-40(39)56-43(63)12-20-67-22-24-69-26-28-71-29-27-70-25-23-68-21-15-51-44(64)33-60-16-18-61(19-17-60)38-10-11-42(52-32-38)57-48-53-31-37-30-41-47(66)54-34-50(13-6-3-7-14-50)62(41)45(37)58-48/h4-5,8-11,30-32H,3,6-7,12-29,33-34H2,1-2H3,(H,51,64)(H,54,66)(H,56,63)(H,55,59,65)(H,52,53,57,58). The topological polar surface area (TPSA) is 238 Å². The lowest BCUT2D eigenvalue weighted by Gasteiger charge is -2.42. The van der Waals surface area contributed by atoms with E-state index < -0.39 is 0 Å². The van der Waals surface area contributed by atoms with Crippen LogP contribution in [0.1, 0.15) is 69.9 Å². The highest BCUT2D eigenvalue weighted by Crippen LogP contribution is 2.40. The predicted molar refractivity (Wildman–Crippen MR) is 273 cm³/mol. The highest BCUT2D eigenvalue weighted by molar-refractivity contribution is 7.15. The third-order valence-electron chi connectivity index (χ3n) is 12.9. The molecule has 4 amide bonds. The van der Waals surface area contributed by atoms with Crippen molar-refractivity contribution in [1.29, 1.82) is 0 Å². The van der Waals surface area contributed by atoms with Crippen molar-refractivity contribution in [3.63, 3.8) is 0 Å². The van der Waals surface area contributed by atoms with Gasteiger partial charge in [-0.15, -0.1) is 11.3 Å². The Hall–Kier alpha value is -6.14. The average Bonchev–Trinajstić information content (AvgIpc) is 3.94. The van der Waals surface area contributed by atoms with Crippen molar-refractivity contribution in [3.05, 3.63) is 76.7 Å². The van der Waals surface area contributed by atoms with Crippen LogP contribution in [-0.2, 0) is 38.8 Å². The zero-order valence-corrected chi connectivity index (χ0v) is 42.0. The lowest BCUT2D eigenvalue weighted by molar-refractivity contribution is -0.122. The van der Waals surface area contributed by atoms with Crippen molar-refractivity contribution in [2.24, 2.45) is 0 Å². The number of aromatic nitrogens is 5. The molecule has 0 bridgehead atoms. The summed E-state index contributed by atoms with van der Waals surface area (Å²) in [5.41, 5.74) is 3.92. The van der Waals surface area contributed by atoms with E-state index in [0.717, 1.165) is 79.2 Å². The van der Waals surface area contributed by atoms with Gasteiger partial charge in [0.1, 0.15) is 17.2 Å². The van der Waals surface area contributed by atoms with Crippen LogP contribution < -0.4 is 31.5 Å². The van der Waals surface area contributed by atoms with E-state index in [-0.39, 0.29) is 42.2 Å². The molecule has 5 N–H and O–H groups in total. The van der Waals surface area contributed by atoms with Crippen LogP contribution in [0.25, 0.3) is 11.0 Å². The summed E-state index contributed by atoms with van der Waals surface area (Å²) in [5, 5.41) is 16.3. The fraction of sp³-hybridized carbons (Fsp3) is 0.520. The Morgan fingerprint density at radius 1 is 0.764 bits per heavy atom. The molecular formula is C50H66N12O9S. The maximum atomic E-state index is 12.8. The molecule has 2 fully saturated rings. The second kappa shape index (κ2) is 26.0. The van der Waals surface area contributed by atoms with Crippen molar-refractivity contribution in [1.82, 2.24) is 40.0 Å². The fourth-order valence-electron chi connectivity index (χ4n) is 9.01. The number of nitrogens with one attached hydrogen (secondary N) is 5. The van der Waals surface area contributed by atoms with Gasteiger partial charge in [-0.2, -0.15) is 4.98 Å². The molecule has 0 atom stereocenters. The van der Waals surface area contributed by atoms with Gasteiger partial charge >= 0.3 is 0 Å². The minimum absolute atomic E-state index is 0.0344. The zero-order valence-electron chi connectivity index (χ0n) is 41.2. The number of pyridine rings is 1. The Morgan fingerprint density at radius 2 is 1.46 bits per heavy atom. The van der Waals surface area contributed by atoms with Crippen molar-refractivity contribution in [2.75, 3.05) is 133 Å². The second-order valence-corrected chi connectivity index (χ2v) is 19.2. The number of ether oxygens (including phenoxy) is 5. The molecule has 8 rings (SSSR count). The number of nitrogens with zero attached hydrogens (tertiary/aromatic N) is 7. The number of para-hydroxylation sites is 1. The van der Waals surface area contributed by atoms with Crippen molar-refractivity contribution in [2.45, 2.75) is 57.9 Å². The summed E-state index contributed by atoms with van der Waals surface area (Å²) >= 11 is 1.40. The highest BCUT2D eigenvalue weighted by Gasteiger charge is 2.41. The number of anilines is 5. The Balaban J connectivity index is 0.597. The van der Waals surface area contributed by atoms with Crippen molar-refractivity contribution < 1.29 is 42.9 Å². The number of aryl methyl sites for hydroxylation is 2. The van der Waals surface area contributed by atoms with Crippen LogP contribution in [0.5, 0.6) is 0 Å². The van der Waals surface area contributed by atoms with Gasteiger partial charge in [0.25, 0.3) is 11.8 Å². The van der Waals surface area contributed by atoms with Crippen LogP contribution in [0.15, 0.2) is 54.9 Å². The first-order valence-corrected chi connectivity index (χ1v) is 25.6. The quantitative estimate of drug-likeness (QED) is 0.0474. The van der Waals surface area contributed by atoms with Gasteiger partial charge in [0.05, 0.1) is 113 Å². The van der Waals surface area contributed by atoms with Crippen LogP contribution in [0.3, 0.4) is 0 Å². The molecule has 3 aliphatic rings. The van der Waals surface area contributed by atoms with E-state index in [9.17, 15) is 19.2 Å². The fourth-order valence-corrected chi connectivity index (χ4v) is 9.82. The molecule has 1 aromatic carbocycles. The Bertz CT molecular complexity index is 2580. The van der Waals surface area contributed by atoms with Gasteiger partial charge in [-0.25, -0.2) is 15.0 Å². The summed E-state index contributed by atoms with van der Waals surface area (Å²) in [4.78, 5) is 74.7. The summed E-state index contributed by atoms with van der Waals surface area (Å²) in [6.07, 6.45) is 9.26. The van der Waals surface area contributed by atoms with Crippen molar-refractivity contribution >= 4 is 74.3 Å². The molecule has 1 saturated heterocycles. The average molecular weight is 1010 g/mol. The molecule has 0 unspecified atom stereocenters. The largest absolute Gasteiger partial charge is 0.379 e. The van der Waals surface area contributed by atoms with Crippen LogP contribution in [0.4, 0.5) is 28.3 Å². The van der Waals surface area contributed by atoms with Gasteiger partial charge in [-0.1, -0.05) is 31.4 Å². The third-order valence-corrected chi connectivity index (χ3v) is 13.9. The smallest absolute Gasteiger partial charge is 0.268 e. The van der Waals surface area contributed by atoms with Gasteiger partial charge < -0.3 is 54.4 Å². The van der Waals surface area contributed by atoms with E-state index in [1.54, 1.807) is 30.5 Å². The van der Waals surface area contributed by atoms with Gasteiger partial charge in [-0.05, 0) is 57.0 Å². The molecule has 6 heterocycles. The van der Waals surface area contributed by atoms with Crippen LogP contribution in [-0.4, -0.2) is 165 Å². The summed E-state index contributed by atoms with van der Waals surface area (Å²) in [6, 6.07) is 12.7. The Morgan fingerprint density at radius 3 is 2.14 bits per heavy atom. The van der Waals surface area contributed by atoms with E-state index in [0.29, 0.717) is 113 Å². The number of thiazole rings is 1. The molecule has 1 saturated carbocycles. The van der Waals surface area contributed by atoms with E-state index in [4.69, 9.17) is 28.7 Å². The number of carbonyl (C=O) groups excluding carboxylic acids is 4. The molecular weight excluding hydrogens is 945 g/mol. The summed E-state index contributed by atoms with van der Waals surface area (Å²) in [6.45, 7) is 12.0. The van der Waals surface area contributed by atoms with E-state index >= 15 is 0 Å². The number of carbonyl (C=O) groups is 4. The number of rotatable bonds is 26. The molecule has 1 aliphatic carbocycles. The van der Waals surface area contributed by atoms with Crippen molar-refractivity contribution in [3.8, 4) is 0 Å². The minimum atomic E-state index is -0.345. The van der Waals surface area contributed by atoms with E-state index in [1.165, 1.54) is 17.8 Å². The SMILES string of the molecule is Cc1nc(NC(=O)c2ccccc2NC(=O)CCOCCOCCOCCOCCOCCNC(=O)CN2CCN(c3ccc(Nc4ncc5cc6n(c5n4)C4(CCCCC4)CNC6=O)nc3)CC2)sc1C. The summed E-state index contributed by atoms with van der Waals surface area (Å²) in [5.74, 6) is 0.359. The number of fused-ring (bicyclic) bond motifs is 4. The lowest BCUT2D eigenvalue weighted by Crippen LogP contribution is -2.52. The molecule has 4 aromatic heterocycles. The molecule has 22 heteroatoms. The van der Waals surface area contributed by atoms with Crippen LogP contribution in [0.2, 0.25) is 0 Å². The van der Waals surface area contributed by atoms with Gasteiger partial charge in [0.15, 0.2) is 5.13 Å². The van der Waals surface area contributed by atoms with E-state index in [1.807, 2.05) is 38.2 Å². The molecule has 21 nitrogen and oxygen atoms in total. The maximum Gasteiger partial charge on any atom is 0.268 e. The first kappa shape index (κ1) is 52.2. The summed E-state index contributed by atoms with van der Waals surface area (Å²) < 4.78 is 30.0. The lowest BCUT2D eigenvalue weighted by atomic mass is 9.80. The molecule has 2 aliphatic heterocycles. The maximum absolute atomic E-state index is 12.8. The highest BCUT2D eigenvalue weighted by atomic mass is 32.1. The summed E-state index contributed by atoms with van der Waals surface area (Å²) in [7, 11) is 0. The molecule has 72 heavy (non-hydrogen) atoms. The van der Waals surface area contributed by atoms with Gasteiger partial charge in [0.2, 0.25) is 17.8 Å². The number of hydrogen-bond donors (Lipinski definition) is 5. The predicted octanol–water partition coefficient (Wildman–Crippen LogP) is 4.65. The minimum Gasteiger partial charge on any atom is -0.379 e. The third kappa shape index (κ3) is 14.3. The molecule has 0 radical (unpaired) electrons. The van der Waals surface area contributed by atoms with Gasteiger partial charge in [-0.3, -0.25) is 29.4 Å². The monoisotopic (exact) mass is 1010 g/mol. The number of piperazine rings is 1. The number of amides is 4. The first-order chi connectivity index (χ1) is 35.1. The normalized spacial score (nSPS) is 15.6. The van der Waals surface area contributed by atoms with Crippen LogP contribution >= 0.6 is 11.3 Å². The van der Waals surface area contributed by atoms with Gasteiger partial charge in [0, 0.05) is 55.7 Å². The number of benzene rings is 1. The Labute approximate surface area is 423 Å².